The molecule has 1 aliphatic heterocycles. The molecule has 108 valence electrons. The van der Waals surface area contributed by atoms with Crippen molar-refractivity contribution in [1.82, 2.24) is 10.2 Å². The molecule has 0 aliphatic carbocycles. The Balaban J connectivity index is 1.91. The predicted molar refractivity (Wildman–Crippen MR) is 75.0 cm³/mol. The molecule has 1 fully saturated rings. The van der Waals surface area contributed by atoms with E-state index in [0.717, 1.165) is 58.8 Å². The maximum Gasteiger partial charge on any atom is 0.0700 e. The van der Waals surface area contributed by atoms with Crippen LogP contribution in [0.5, 0.6) is 0 Å². The van der Waals surface area contributed by atoms with E-state index in [2.05, 4.69) is 31.0 Å². The molecule has 0 saturated carbocycles. The summed E-state index contributed by atoms with van der Waals surface area (Å²) >= 11 is 0. The molecule has 4 nitrogen and oxygen atoms in total. The fourth-order valence-electron chi connectivity index (χ4n) is 2.11. The van der Waals surface area contributed by atoms with Crippen LogP contribution >= 0.6 is 0 Å². The number of nitrogens with one attached hydrogen (secondary N) is 1. The molecular formula is C14H30N2O2. The van der Waals surface area contributed by atoms with E-state index in [1.54, 1.807) is 0 Å². The third-order valence-electron chi connectivity index (χ3n) is 3.23. The van der Waals surface area contributed by atoms with Crippen LogP contribution in [-0.2, 0) is 9.47 Å². The summed E-state index contributed by atoms with van der Waals surface area (Å²) in [5, 5.41) is 3.48. The Morgan fingerprint density at radius 1 is 1.39 bits per heavy atom. The summed E-state index contributed by atoms with van der Waals surface area (Å²) < 4.78 is 11.2. The van der Waals surface area contributed by atoms with E-state index in [9.17, 15) is 0 Å². The van der Waals surface area contributed by atoms with Gasteiger partial charge in [0.25, 0.3) is 0 Å². The zero-order valence-electron chi connectivity index (χ0n) is 12.3. The van der Waals surface area contributed by atoms with Crippen LogP contribution in [0.2, 0.25) is 0 Å². The first-order valence-electron chi connectivity index (χ1n) is 7.38. The van der Waals surface area contributed by atoms with Gasteiger partial charge in [-0.3, -0.25) is 4.90 Å². The largest absolute Gasteiger partial charge is 0.379 e. The molecule has 0 spiro atoms. The van der Waals surface area contributed by atoms with Crippen molar-refractivity contribution in [2.75, 3.05) is 45.9 Å². The molecule has 0 radical (unpaired) electrons. The van der Waals surface area contributed by atoms with Crippen LogP contribution in [0.25, 0.3) is 0 Å². The molecule has 1 unspecified atom stereocenters. The van der Waals surface area contributed by atoms with Crippen LogP contribution in [-0.4, -0.2) is 63.0 Å². The van der Waals surface area contributed by atoms with Crippen molar-refractivity contribution in [3.8, 4) is 0 Å². The number of ether oxygens (including phenoxy) is 2. The lowest BCUT2D eigenvalue weighted by Gasteiger charge is -2.32. The molecule has 18 heavy (non-hydrogen) atoms. The minimum atomic E-state index is 0.351. The quantitative estimate of drug-likeness (QED) is 0.636. The maximum atomic E-state index is 5.66. The van der Waals surface area contributed by atoms with E-state index >= 15 is 0 Å². The summed E-state index contributed by atoms with van der Waals surface area (Å²) in [7, 11) is 0. The van der Waals surface area contributed by atoms with Gasteiger partial charge in [0, 0.05) is 32.8 Å². The standard InChI is InChI=1S/C14H30N2O2/c1-4-14-12-16(9-11-18-14)8-7-15-6-5-10-17-13(2)3/h13-15H,4-12H2,1-3H3. The monoisotopic (exact) mass is 258 g/mol. The number of rotatable bonds is 9. The number of hydrogen-bond acceptors (Lipinski definition) is 4. The third kappa shape index (κ3) is 7.31. The SMILES string of the molecule is CCC1CN(CCNCCCOC(C)C)CCO1. The third-order valence-corrected chi connectivity index (χ3v) is 3.23. The number of nitrogens with zero attached hydrogens (tertiary/aromatic N) is 1. The average molecular weight is 258 g/mol. The van der Waals surface area contributed by atoms with Crippen LogP contribution < -0.4 is 5.32 Å². The summed E-state index contributed by atoms with van der Waals surface area (Å²) in [4.78, 5) is 2.50. The predicted octanol–water partition coefficient (Wildman–Crippen LogP) is 1.50. The average Bonchev–Trinajstić information content (AvgIpc) is 2.37. The van der Waals surface area contributed by atoms with E-state index in [1.165, 1.54) is 0 Å². The second-order valence-corrected chi connectivity index (χ2v) is 5.22. The van der Waals surface area contributed by atoms with Crippen molar-refractivity contribution in [2.45, 2.75) is 45.8 Å². The van der Waals surface area contributed by atoms with Gasteiger partial charge in [-0.1, -0.05) is 6.92 Å². The van der Waals surface area contributed by atoms with Crippen molar-refractivity contribution in [2.24, 2.45) is 0 Å². The zero-order chi connectivity index (χ0) is 13.2. The first-order chi connectivity index (χ1) is 8.72. The molecule has 0 aromatic carbocycles. The Labute approximate surface area is 112 Å². The van der Waals surface area contributed by atoms with Gasteiger partial charge in [0.1, 0.15) is 0 Å². The molecule has 4 heteroatoms. The molecule has 0 aromatic heterocycles. The van der Waals surface area contributed by atoms with Crippen LogP contribution in [0.4, 0.5) is 0 Å². The highest BCUT2D eigenvalue weighted by Crippen LogP contribution is 2.07. The minimum Gasteiger partial charge on any atom is -0.379 e. The lowest BCUT2D eigenvalue weighted by atomic mass is 10.2. The van der Waals surface area contributed by atoms with E-state index in [1.807, 2.05) is 0 Å². The summed E-state index contributed by atoms with van der Waals surface area (Å²) in [5.41, 5.74) is 0. The fourth-order valence-corrected chi connectivity index (χ4v) is 2.11. The Morgan fingerprint density at radius 2 is 2.22 bits per heavy atom. The number of hydrogen-bond donors (Lipinski definition) is 1. The highest BCUT2D eigenvalue weighted by molar-refractivity contribution is 4.70. The smallest absolute Gasteiger partial charge is 0.0700 e. The topological polar surface area (TPSA) is 33.7 Å². The van der Waals surface area contributed by atoms with E-state index in [-0.39, 0.29) is 0 Å². The second-order valence-electron chi connectivity index (χ2n) is 5.22. The fraction of sp³-hybridized carbons (Fsp3) is 1.00. The highest BCUT2D eigenvalue weighted by atomic mass is 16.5. The van der Waals surface area contributed by atoms with Gasteiger partial charge in [-0.15, -0.1) is 0 Å². The van der Waals surface area contributed by atoms with Gasteiger partial charge < -0.3 is 14.8 Å². The van der Waals surface area contributed by atoms with Gasteiger partial charge >= 0.3 is 0 Å². The second kappa shape index (κ2) is 9.73. The summed E-state index contributed by atoms with van der Waals surface area (Å²) in [6.07, 6.45) is 3.01. The molecular weight excluding hydrogens is 228 g/mol. The van der Waals surface area contributed by atoms with Gasteiger partial charge in [0.05, 0.1) is 18.8 Å². The molecule has 1 rings (SSSR count). The molecule has 0 bridgehead atoms. The Hall–Kier alpha value is -0.160. The Bertz CT molecular complexity index is 200. The lowest BCUT2D eigenvalue weighted by Crippen LogP contribution is -2.44. The van der Waals surface area contributed by atoms with Gasteiger partial charge in [0.2, 0.25) is 0 Å². The minimum absolute atomic E-state index is 0.351. The van der Waals surface area contributed by atoms with Crippen molar-refractivity contribution in [3.05, 3.63) is 0 Å². The van der Waals surface area contributed by atoms with Crippen molar-refractivity contribution in [1.29, 1.82) is 0 Å². The van der Waals surface area contributed by atoms with Gasteiger partial charge in [-0.2, -0.15) is 0 Å². The molecule has 1 heterocycles. The summed E-state index contributed by atoms with van der Waals surface area (Å²) in [6, 6.07) is 0. The van der Waals surface area contributed by atoms with Crippen molar-refractivity contribution >= 4 is 0 Å². The van der Waals surface area contributed by atoms with Crippen LogP contribution in [0.15, 0.2) is 0 Å². The van der Waals surface area contributed by atoms with Gasteiger partial charge in [0.15, 0.2) is 0 Å². The molecule has 0 aromatic rings. The van der Waals surface area contributed by atoms with Crippen LogP contribution in [0.3, 0.4) is 0 Å². The molecule has 0 amide bonds. The van der Waals surface area contributed by atoms with Crippen LogP contribution in [0.1, 0.15) is 33.6 Å². The van der Waals surface area contributed by atoms with E-state index < -0.39 is 0 Å². The van der Waals surface area contributed by atoms with Crippen LogP contribution in [0, 0.1) is 0 Å². The summed E-state index contributed by atoms with van der Waals surface area (Å²) in [5.74, 6) is 0. The molecule has 1 aliphatic rings. The van der Waals surface area contributed by atoms with E-state index in [0.29, 0.717) is 12.2 Å². The highest BCUT2D eigenvalue weighted by Gasteiger charge is 2.17. The van der Waals surface area contributed by atoms with Crippen molar-refractivity contribution < 1.29 is 9.47 Å². The van der Waals surface area contributed by atoms with E-state index in [4.69, 9.17) is 9.47 Å². The lowest BCUT2D eigenvalue weighted by molar-refractivity contribution is -0.0290. The first kappa shape index (κ1) is 15.9. The molecule has 1 saturated heterocycles. The molecule has 1 atom stereocenters. The first-order valence-corrected chi connectivity index (χ1v) is 7.38. The van der Waals surface area contributed by atoms with Crippen molar-refractivity contribution in [3.63, 3.8) is 0 Å². The number of morpholine rings is 1. The Kier molecular flexibility index (Phi) is 8.59. The normalized spacial score (nSPS) is 21.7. The van der Waals surface area contributed by atoms with Gasteiger partial charge in [-0.05, 0) is 33.2 Å². The zero-order valence-corrected chi connectivity index (χ0v) is 12.3. The maximum absolute atomic E-state index is 5.66. The summed E-state index contributed by atoms with van der Waals surface area (Å²) in [6.45, 7) is 13.5. The van der Waals surface area contributed by atoms with Gasteiger partial charge in [-0.25, -0.2) is 0 Å². The molecule has 1 N–H and O–H groups in total. The Morgan fingerprint density at radius 3 is 2.94 bits per heavy atom.